The van der Waals surface area contributed by atoms with Crippen LogP contribution in [0.1, 0.15) is 37.3 Å². The highest BCUT2D eigenvalue weighted by molar-refractivity contribution is 6.03. The predicted octanol–water partition coefficient (Wildman–Crippen LogP) is 2.43. The van der Waals surface area contributed by atoms with E-state index in [4.69, 9.17) is 9.47 Å². The molecule has 4 aliphatic rings. The average molecular weight is 527 g/mol. The first kappa shape index (κ1) is 25.9. The van der Waals surface area contributed by atoms with Gasteiger partial charge in [-0.15, -0.1) is 0 Å². The molecule has 0 radical (unpaired) electrons. The van der Waals surface area contributed by atoms with Crippen molar-refractivity contribution < 1.29 is 33.0 Å². The summed E-state index contributed by atoms with van der Waals surface area (Å²) >= 11 is 0. The fraction of sp³-hybridized carbons (Fsp3) is 0.481. The lowest BCUT2D eigenvalue weighted by Crippen LogP contribution is -2.46. The van der Waals surface area contributed by atoms with Crippen LogP contribution in [0.3, 0.4) is 0 Å². The van der Waals surface area contributed by atoms with E-state index in [-0.39, 0.29) is 48.4 Å². The number of methoxy groups -OCH3 is 1. The van der Waals surface area contributed by atoms with E-state index in [1.807, 2.05) is 0 Å². The Morgan fingerprint density at radius 1 is 1.16 bits per heavy atom. The molecule has 1 aromatic rings. The van der Waals surface area contributed by atoms with Crippen molar-refractivity contribution in [1.29, 1.82) is 0 Å². The fourth-order valence-electron chi connectivity index (χ4n) is 6.18. The molecule has 2 aliphatic carbocycles. The number of Topliss-reactive ketones (excluding diaryl/α,β-unsaturated/α-hetero) is 1. The molecule has 2 aliphatic heterocycles. The number of likely N-dealkylation sites (tertiary alicyclic amines) is 1. The van der Waals surface area contributed by atoms with E-state index in [1.54, 1.807) is 30.2 Å². The molecule has 4 amide bonds. The quantitative estimate of drug-likeness (QED) is 0.588. The molecule has 1 spiro atoms. The summed E-state index contributed by atoms with van der Waals surface area (Å²) in [5, 5.41) is 4.96. The monoisotopic (exact) mass is 526 g/mol. The highest BCUT2D eigenvalue weighted by atomic mass is 19.1. The number of hydrogen-bond donors (Lipinski definition) is 2. The summed E-state index contributed by atoms with van der Waals surface area (Å²) in [5.74, 6) is -1.31. The molecule has 5 rings (SSSR count). The van der Waals surface area contributed by atoms with Gasteiger partial charge in [-0.2, -0.15) is 0 Å². The van der Waals surface area contributed by atoms with Crippen LogP contribution in [0, 0.1) is 11.7 Å². The molecular weight excluding hydrogens is 495 g/mol. The average Bonchev–Trinajstić information content (AvgIpc) is 3.57. The van der Waals surface area contributed by atoms with E-state index < -0.39 is 23.6 Å². The van der Waals surface area contributed by atoms with Crippen LogP contribution < -0.4 is 10.6 Å². The number of halogens is 1. The van der Waals surface area contributed by atoms with E-state index in [1.165, 1.54) is 30.2 Å². The zero-order valence-corrected chi connectivity index (χ0v) is 21.4. The summed E-state index contributed by atoms with van der Waals surface area (Å²) in [6, 6.07) is 5.22. The third kappa shape index (κ3) is 4.55. The predicted molar refractivity (Wildman–Crippen MR) is 133 cm³/mol. The Kier molecular flexibility index (Phi) is 6.95. The number of benzene rings is 1. The van der Waals surface area contributed by atoms with Gasteiger partial charge in [0, 0.05) is 20.1 Å². The molecule has 1 saturated carbocycles. The maximum absolute atomic E-state index is 13.6. The van der Waals surface area contributed by atoms with Gasteiger partial charge >= 0.3 is 12.1 Å². The van der Waals surface area contributed by atoms with Crippen LogP contribution >= 0.6 is 0 Å². The zero-order chi connectivity index (χ0) is 27.0. The number of ketones is 1. The standard InChI is InChI=1S/C27H31FN4O6/c1-29-25(35)30-21-9-8-20-19(24(21)34)11-12-27(20)15-31(26(36)38-27)13-23(33)32-18(14-37-2)7-10-22(32)16-3-5-17(28)6-4-16/h3-6,8-9,18-19,22H,7,10-15H2,1-2H3,(H2,29,30,35)/t18-,19?,22+,27?/m1/s1. The molecule has 2 N–H and O–H groups in total. The minimum absolute atomic E-state index is 0.156. The summed E-state index contributed by atoms with van der Waals surface area (Å²) in [5.41, 5.74) is 0.726. The first-order chi connectivity index (χ1) is 18.3. The van der Waals surface area contributed by atoms with E-state index >= 15 is 0 Å². The van der Waals surface area contributed by atoms with Gasteiger partial charge in [0.05, 0.1) is 30.9 Å². The van der Waals surface area contributed by atoms with E-state index in [0.29, 0.717) is 31.4 Å². The van der Waals surface area contributed by atoms with Gasteiger partial charge in [-0.3, -0.25) is 14.5 Å². The molecule has 38 heavy (non-hydrogen) atoms. The number of urea groups is 1. The largest absolute Gasteiger partial charge is 0.436 e. The maximum Gasteiger partial charge on any atom is 0.411 e. The fourth-order valence-corrected chi connectivity index (χ4v) is 6.18. The number of carbonyl (C=O) groups excluding carboxylic acids is 4. The Balaban J connectivity index is 1.33. The van der Waals surface area contributed by atoms with E-state index in [9.17, 15) is 23.6 Å². The molecule has 10 nitrogen and oxygen atoms in total. The molecule has 11 heteroatoms. The molecule has 0 bridgehead atoms. The van der Waals surface area contributed by atoms with Crippen LogP contribution in [0.2, 0.25) is 0 Å². The van der Waals surface area contributed by atoms with Crippen LogP contribution in [0.25, 0.3) is 0 Å². The minimum atomic E-state index is -0.986. The summed E-state index contributed by atoms with van der Waals surface area (Å²) in [7, 11) is 3.04. The molecule has 2 heterocycles. The highest BCUT2D eigenvalue weighted by Crippen LogP contribution is 2.48. The van der Waals surface area contributed by atoms with Crippen LogP contribution in [0.5, 0.6) is 0 Å². The number of rotatable bonds is 6. The van der Waals surface area contributed by atoms with Gasteiger partial charge in [0.25, 0.3) is 0 Å². The summed E-state index contributed by atoms with van der Waals surface area (Å²) < 4.78 is 24.7. The van der Waals surface area contributed by atoms with Crippen LogP contribution in [-0.2, 0) is 19.1 Å². The van der Waals surface area contributed by atoms with Crippen molar-refractivity contribution in [2.75, 3.05) is 33.9 Å². The Morgan fingerprint density at radius 3 is 2.63 bits per heavy atom. The number of nitrogens with zero attached hydrogens (tertiary/aromatic N) is 2. The Hall–Kier alpha value is -3.73. The topological polar surface area (TPSA) is 117 Å². The lowest BCUT2D eigenvalue weighted by atomic mass is 9.85. The van der Waals surface area contributed by atoms with E-state index in [0.717, 1.165) is 12.0 Å². The summed E-state index contributed by atoms with van der Waals surface area (Å²) in [6.45, 7) is 0.334. The Bertz CT molecular complexity index is 1210. The molecule has 3 fully saturated rings. The number of ether oxygens (including phenoxy) is 2. The second-order valence-electron chi connectivity index (χ2n) is 10.1. The maximum atomic E-state index is 13.6. The molecule has 0 aromatic heterocycles. The first-order valence-corrected chi connectivity index (χ1v) is 12.7. The number of amides is 4. The highest BCUT2D eigenvalue weighted by Gasteiger charge is 2.56. The molecule has 2 unspecified atom stereocenters. The minimum Gasteiger partial charge on any atom is -0.436 e. The molecule has 4 atom stereocenters. The van der Waals surface area contributed by atoms with Crippen molar-refractivity contribution in [2.24, 2.45) is 5.92 Å². The van der Waals surface area contributed by atoms with E-state index in [2.05, 4.69) is 10.6 Å². The molecule has 2 saturated heterocycles. The van der Waals surface area contributed by atoms with Crippen LogP contribution in [0.4, 0.5) is 14.0 Å². The number of carbonyl (C=O) groups is 4. The van der Waals surface area contributed by atoms with Crippen LogP contribution in [0.15, 0.2) is 47.7 Å². The van der Waals surface area contributed by atoms with Gasteiger partial charge in [0.15, 0.2) is 11.4 Å². The van der Waals surface area contributed by atoms with Crippen molar-refractivity contribution in [3.8, 4) is 0 Å². The Morgan fingerprint density at radius 2 is 1.92 bits per heavy atom. The second-order valence-corrected chi connectivity index (χ2v) is 10.1. The van der Waals surface area contributed by atoms with Gasteiger partial charge < -0.3 is 25.0 Å². The first-order valence-electron chi connectivity index (χ1n) is 12.7. The van der Waals surface area contributed by atoms with Gasteiger partial charge in [0.2, 0.25) is 5.91 Å². The van der Waals surface area contributed by atoms with Crippen molar-refractivity contribution in [1.82, 2.24) is 20.4 Å². The lowest BCUT2D eigenvalue weighted by molar-refractivity contribution is -0.135. The van der Waals surface area contributed by atoms with Crippen LogP contribution in [-0.4, -0.2) is 79.1 Å². The lowest BCUT2D eigenvalue weighted by Gasteiger charge is -2.32. The third-order valence-electron chi connectivity index (χ3n) is 7.94. The molecule has 1 aromatic carbocycles. The number of hydrogen-bond acceptors (Lipinski definition) is 6. The number of nitrogens with one attached hydrogen (secondary N) is 2. The number of fused-ring (bicyclic) bond motifs is 2. The van der Waals surface area contributed by atoms with Gasteiger partial charge in [-0.05, 0) is 55.0 Å². The summed E-state index contributed by atoms with van der Waals surface area (Å²) in [4.78, 5) is 54.4. The van der Waals surface area contributed by atoms with Gasteiger partial charge in [-0.1, -0.05) is 18.2 Å². The SMILES string of the molecule is CNC(=O)NC1=CC=C2C(CCC23CN(CC(=O)N2[C@@H](COC)CC[C@H]2c2ccc(F)cc2)C(=O)O3)C1=O. The van der Waals surface area contributed by atoms with Crippen molar-refractivity contribution >= 4 is 23.8 Å². The third-order valence-corrected chi connectivity index (χ3v) is 7.94. The summed E-state index contributed by atoms with van der Waals surface area (Å²) in [6.07, 6.45) is 5.02. The van der Waals surface area contributed by atoms with Crippen molar-refractivity contribution in [3.05, 3.63) is 59.1 Å². The number of allylic oxidation sites excluding steroid dienone is 3. The van der Waals surface area contributed by atoms with Gasteiger partial charge in [-0.25, -0.2) is 14.0 Å². The normalized spacial score (nSPS) is 28.2. The van der Waals surface area contributed by atoms with Crippen molar-refractivity contribution in [3.63, 3.8) is 0 Å². The smallest absolute Gasteiger partial charge is 0.411 e. The Labute approximate surface area is 219 Å². The zero-order valence-electron chi connectivity index (χ0n) is 21.4. The second kappa shape index (κ2) is 10.2. The van der Waals surface area contributed by atoms with Crippen molar-refractivity contribution in [2.45, 2.75) is 43.4 Å². The molecule has 202 valence electrons. The molecular formula is C27H31FN4O6. The van der Waals surface area contributed by atoms with Gasteiger partial charge in [0.1, 0.15) is 12.4 Å².